The molecule has 1 aromatic heterocycles. The Kier molecular flexibility index (Phi) is 6.82. The van der Waals surface area contributed by atoms with E-state index < -0.39 is 0 Å². The highest BCUT2D eigenvalue weighted by molar-refractivity contribution is 6.30. The summed E-state index contributed by atoms with van der Waals surface area (Å²) in [5, 5.41) is 3.70. The van der Waals surface area contributed by atoms with Crippen molar-refractivity contribution < 1.29 is 9.53 Å². The lowest BCUT2D eigenvalue weighted by molar-refractivity contribution is -0.122. The topological polar surface area (TPSA) is 56.1 Å². The summed E-state index contributed by atoms with van der Waals surface area (Å²) in [6.45, 7) is 4.69. The Hall–Kier alpha value is -1.85. The highest BCUT2D eigenvalue weighted by atomic mass is 35.5. The molecule has 24 heavy (non-hydrogen) atoms. The second-order valence-electron chi connectivity index (χ2n) is 5.84. The second-order valence-corrected chi connectivity index (χ2v) is 6.27. The molecule has 2 atom stereocenters. The number of aromatic nitrogens is 2. The van der Waals surface area contributed by atoms with Crippen LogP contribution in [0.25, 0.3) is 0 Å². The molecule has 1 N–H and O–H groups in total. The van der Waals surface area contributed by atoms with Crippen molar-refractivity contribution in [2.45, 2.75) is 45.4 Å². The zero-order chi connectivity index (χ0) is 17.5. The SMILES string of the molecule is CO[C@@H](c1ccc(Cl)cc1)[C@@H](C)NC(=O)CCCn1ccnc1C. The van der Waals surface area contributed by atoms with Crippen molar-refractivity contribution in [2.24, 2.45) is 0 Å². The van der Waals surface area contributed by atoms with E-state index in [1.165, 1.54) is 0 Å². The van der Waals surface area contributed by atoms with E-state index in [1.54, 1.807) is 13.3 Å². The second kappa shape index (κ2) is 8.85. The highest BCUT2D eigenvalue weighted by Crippen LogP contribution is 2.22. The van der Waals surface area contributed by atoms with Gasteiger partial charge in [-0.3, -0.25) is 4.79 Å². The summed E-state index contributed by atoms with van der Waals surface area (Å²) in [5.41, 5.74) is 0.990. The number of halogens is 1. The first-order chi connectivity index (χ1) is 11.5. The van der Waals surface area contributed by atoms with Gasteiger partial charge in [0.05, 0.1) is 6.04 Å². The Morgan fingerprint density at radius 1 is 1.38 bits per heavy atom. The molecule has 0 aliphatic rings. The third-order valence-corrected chi connectivity index (χ3v) is 4.27. The average Bonchev–Trinajstić information content (AvgIpc) is 2.95. The number of methoxy groups -OCH3 is 1. The van der Waals surface area contributed by atoms with Gasteiger partial charge in [0.15, 0.2) is 0 Å². The minimum Gasteiger partial charge on any atom is -0.375 e. The number of carbonyl (C=O) groups excluding carboxylic acids is 1. The molecule has 5 nitrogen and oxygen atoms in total. The Morgan fingerprint density at radius 3 is 2.67 bits per heavy atom. The third-order valence-electron chi connectivity index (χ3n) is 4.02. The number of ether oxygens (including phenoxy) is 1. The fourth-order valence-corrected chi connectivity index (χ4v) is 2.86. The fourth-order valence-electron chi connectivity index (χ4n) is 2.73. The highest BCUT2D eigenvalue weighted by Gasteiger charge is 2.20. The van der Waals surface area contributed by atoms with Crippen LogP contribution in [0.4, 0.5) is 0 Å². The molecule has 0 unspecified atom stereocenters. The lowest BCUT2D eigenvalue weighted by Crippen LogP contribution is -2.37. The number of imidazole rings is 1. The Bertz CT molecular complexity index is 655. The van der Waals surface area contributed by atoms with Gasteiger partial charge in [-0.15, -0.1) is 0 Å². The van der Waals surface area contributed by atoms with E-state index in [0.29, 0.717) is 11.4 Å². The Morgan fingerprint density at radius 2 is 2.08 bits per heavy atom. The molecule has 0 aliphatic heterocycles. The standard InChI is InChI=1S/C18H24ClN3O2/c1-13(18(24-3)15-6-8-16(19)9-7-15)21-17(23)5-4-11-22-12-10-20-14(22)2/h6-10,12-13,18H,4-5,11H2,1-3H3,(H,21,23)/t13-,18-/m1/s1. The van der Waals surface area contributed by atoms with Gasteiger partial charge in [-0.05, 0) is 38.0 Å². The van der Waals surface area contributed by atoms with Crippen LogP contribution in [0.5, 0.6) is 0 Å². The minimum atomic E-state index is -0.206. The van der Waals surface area contributed by atoms with Gasteiger partial charge in [0.25, 0.3) is 0 Å². The molecule has 0 saturated heterocycles. The maximum Gasteiger partial charge on any atom is 0.220 e. The van der Waals surface area contributed by atoms with Crippen molar-refractivity contribution in [1.29, 1.82) is 0 Å². The molecule has 1 heterocycles. The number of nitrogens with zero attached hydrogens (tertiary/aromatic N) is 2. The van der Waals surface area contributed by atoms with Crippen molar-refractivity contribution >= 4 is 17.5 Å². The molecule has 0 saturated carbocycles. The summed E-state index contributed by atoms with van der Waals surface area (Å²) in [4.78, 5) is 16.3. The lowest BCUT2D eigenvalue weighted by atomic mass is 10.0. The molecular formula is C18H24ClN3O2. The van der Waals surface area contributed by atoms with Crippen LogP contribution in [0.1, 0.15) is 37.3 Å². The Balaban J connectivity index is 1.83. The predicted octanol–water partition coefficient (Wildman–Crippen LogP) is 3.52. The van der Waals surface area contributed by atoms with Gasteiger partial charge in [-0.2, -0.15) is 0 Å². The smallest absolute Gasteiger partial charge is 0.220 e. The summed E-state index contributed by atoms with van der Waals surface area (Å²) in [7, 11) is 1.64. The molecule has 0 aliphatic carbocycles. The van der Waals surface area contributed by atoms with Gasteiger partial charge >= 0.3 is 0 Å². The number of nitrogens with one attached hydrogen (secondary N) is 1. The molecule has 1 amide bonds. The number of hydrogen-bond donors (Lipinski definition) is 1. The van der Waals surface area contributed by atoms with Crippen LogP contribution >= 0.6 is 11.6 Å². The van der Waals surface area contributed by atoms with Crippen LogP contribution in [0.15, 0.2) is 36.7 Å². The zero-order valence-corrected chi connectivity index (χ0v) is 15.1. The average molecular weight is 350 g/mol. The van der Waals surface area contributed by atoms with Crippen LogP contribution in [0, 0.1) is 6.92 Å². The van der Waals surface area contributed by atoms with Crippen LogP contribution in [0.2, 0.25) is 5.02 Å². The molecule has 130 valence electrons. The fraction of sp³-hybridized carbons (Fsp3) is 0.444. The summed E-state index contributed by atoms with van der Waals surface area (Å²) in [6, 6.07) is 7.36. The quantitative estimate of drug-likeness (QED) is 0.793. The number of carbonyl (C=O) groups is 1. The largest absolute Gasteiger partial charge is 0.375 e. The van der Waals surface area contributed by atoms with Crippen molar-refractivity contribution in [3.63, 3.8) is 0 Å². The van der Waals surface area contributed by atoms with Crippen molar-refractivity contribution in [3.8, 4) is 0 Å². The molecule has 0 radical (unpaired) electrons. The zero-order valence-electron chi connectivity index (χ0n) is 14.3. The van der Waals surface area contributed by atoms with Gasteiger partial charge in [-0.25, -0.2) is 4.98 Å². The van der Waals surface area contributed by atoms with Gasteiger partial charge in [0.2, 0.25) is 5.91 Å². The lowest BCUT2D eigenvalue weighted by Gasteiger charge is -2.24. The van der Waals surface area contributed by atoms with Crippen molar-refractivity contribution in [2.75, 3.05) is 7.11 Å². The number of aryl methyl sites for hydroxylation is 2. The number of rotatable bonds is 8. The summed E-state index contributed by atoms with van der Waals surface area (Å²) in [6.07, 6.45) is 4.74. The first kappa shape index (κ1) is 18.5. The Labute approximate surface area is 148 Å². The van der Waals surface area contributed by atoms with Gasteiger partial charge in [0.1, 0.15) is 11.9 Å². The first-order valence-corrected chi connectivity index (χ1v) is 8.44. The maximum atomic E-state index is 12.2. The summed E-state index contributed by atoms with van der Waals surface area (Å²) >= 11 is 5.92. The van der Waals surface area contributed by atoms with Gasteiger partial charge in [0, 0.05) is 37.5 Å². The van der Waals surface area contributed by atoms with E-state index in [0.717, 1.165) is 24.4 Å². The van der Waals surface area contributed by atoms with Gasteiger partial charge in [-0.1, -0.05) is 23.7 Å². The molecule has 0 fully saturated rings. The van der Waals surface area contributed by atoms with Crippen molar-refractivity contribution in [3.05, 3.63) is 53.1 Å². The first-order valence-electron chi connectivity index (χ1n) is 8.06. The van der Waals surface area contributed by atoms with E-state index in [1.807, 2.05) is 48.9 Å². The van der Waals surface area contributed by atoms with E-state index in [4.69, 9.17) is 16.3 Å². The van der Waals surface area contributed by atoms with Crippen LogP contribution in [0.3, 0.4) is 0 Å². The minimum absolute atomic E-state index is 0.0243. The van der Waals surface area contributed by atoms with E-state index in [-0.39, 0.29) is 18.1 Å². The predicted molar refractivity (Wildman–Crippen MR) is 95.0 cm³/mol. The maximum absolute atomic E-state index is 12.2. The molecule has 2 rings (SSSR count). The molecule has 1 aromatic carbocycles. The third kappa shape index (κ3) is 5.08. The molecule has 0 bridgehead atoms. The summed E-state index contributed by atoms with van der Waals surface area (Å²) in [5.74, 6) is 0.988. The van der Waals surface area contributed by atoms with Crippen LogP contribution < -0.4 is 5.32 Å². The van der Waals surface area contributed by atoms with Gasteiger partial charge < -0.3 is 14.6 Å². The van der Waals surface area contributed by atoms with E-state index in [2.05, 4.69) is 10.3 Å². The monoisotopic (exact) mass is 349 g/mol. The van der Waals surface area contributed by atoms with Crippen molar-refractivity contribution in [1.82, 2.24) is 14.9 Å². The summed E-state index contributed by atoms with van der Waals surface area (Å²) < 4.78 is 7.59. The number of benzene rings is 1. The molecular weight excluding hydrogens is 326 g/mol. The molecule has 0 spiro atoms. The number of amides is 1. The normalized spacial score (nSPS) is 13.5. The van der Waals surface area contributed by atoms with Crippen LogP contribution in [-0.4, -0.2) is 28.6 Å². The molecule has 2 aromatic rings. The molecule has 6 heteroatoms. The van der Waals surface area contributed by atoms with E-state index in [9.17, 15) is 4.79 Å². The van der Waals surface area contributed by atoms with Crippen LogP contribution in [-0.2, 0) is 16.1 Å². The van der Waals surface area contributed by atoms with E-state index >= 15 is 0 Å². The number of hydrogen-bond acceptors (Lipinski definition) is 3.